The predicted molar refractivity (Wildman–Crippen MR) is 298 cm³/mol. The Labute approximate surface area is 425 Å². The van der Waals surface area contributed by atoms with E-state index in [2.05, 4.69) is 130 Å². The van der Waals surface area contributed by atoms with E-state index in [4.69, 9.17) is 34.9 Å². The molecule has 74 heavy (non-hydrogen) atoms. The third-order valence-corrected chi connectivity index (χ3v) is 13.6. The van der Waals surface area contributed by atoms with Crippen molar-refractivity contribution < 1.29 is 0 Å². The molecule has 5 aromatic heterocycles. The predicted octanol–water partition coefficient (Wildman–Crippen LogP) is 15.3. The molecular formula is C65H41N9. The van der Waals surface area contributed by atoms with Gasteiger partial charge in [0.25, 0.3) is 0 Å². The topological polar surface area (TPSA) is 100 Å². The average Bonchev–Trinajstić information content (AvgIpc) is 4.01. The van der Waals surface area contributed by atoms with Crippen molar-refractivity contribution in [3.05, 3.63) is 249 Å². The van der Waals surface area contributed by atoms with Crippen LogP contribution in [0.25, 0.3) is 135 Å². The Hall–Kier alpha value is -10.3. The summed E-state index contributed by atoms with van der Waals surface area (Å²) in [5.41, 5.74) is 13.2. The maximum absolute atomic E-state index is 5.44. The minimum Gasteiger partial charge on any atom is -0.307 e. The third kappa shape index (κ3) is 7.46. The van der Waals surface area contributed by atoms with Gasteiger partial charge >= 0.3 is 0 Å². The van der Waals surface area contributed by atoms with Crippen LogP contribution >= 0.6 is 0 Å². The summed E-state index contributed by atoms with van der Waals surface area (Å²) >= 11 is 0. The van der Waals surface area contributed by atoms with Crippen molar-refractivity contribution in [2.45, 2.75) is 0 Å². The van der Waals surface area contributed by atoms with Crippen LogP contribution in [0.2, 0.25) is 0 Å². The Balaban J connectivity index is 0.951. The summed E-state index contributed by atoms with van der Waals surface area (Å²) in [5.74, 6) is 3.18. The molecule has 0 saturated carbocycles. The normalized spacial score (nSPS) is 11.5. The lowest BCUT2D eigenvalue weighted by atomic mass is 10.0. The summed E-state index contributed by atoms with van der Waals surface area (Å²) < 4.78 is 4.59. The summed E-state index contributed by atoms with van der Waals surface area (Å²) in [6.45, 7) is 0. The first-order chi connectivity index (χ1) is 36.7. The summed E-state index contributed by atoms with van der Waals surface area (Å²) in [7, 11) is 0. The molecule has 0 N–H and O–H groups in total. The summed E-state index contributed by atoms with van der Waals surface area (Å²) in [5, 5.41) is 4.50. The Bertz CT molecular complexity index is 4420. The second-order valence-corrected chi connectivity index (χ2v) is 18.2. The lowest BCUT2D eigenvalue weighted by molar-refractivity contribution is 0.953. The van der Waals surface area contributed by atoms with Gasteiger partial charge in [-0.3, -0.25) is 4.57 Å². The molecule has 0 aliphatic rings. The fourth-order valence-electron chi connectivity index (χ4n) is 10.2. The highest BCUT2D eigenvalue weighted by Crippen LogP contribution is 2.42. The molecule has 14 rings (SSSR count). The zero-order valence-electron chi connectivity index (χ0n) is 39.7. The SMILES string of the molecule is c1ccc(-c2cccc(-c3cccc(-c4nc(-c5ccccc5)nc(-c5cccc(-c6nc(-c7ccccc7)nc(-n7c8ccccc8c8ccc9c%10ccccc%10n(-c%10ccccc%10)c9c87)n6)c5)n4)c3)n2)cc1. The average molecular weight is 948 g/mol. The number of para-hydroxylation sites is 3. The molecule has 0 unspecified atom stereocenters. The fraction of sp³-hybridized carbons (Fsp3) is 0. The van der Waals surface area contributed by atoms with E-state index >= 15 is 0 Å². The van der Waals surface area contributed by atoms with Gasteiger partial charge in [-0.15, -0.1) is 0 Å². The fourth-order valence-corrected chi connectivity index (χ4v) is 10.2. The number of rotatable bonds is 9. The van der Waals surface area contributed by atoms with Gasteiger partial charge in [-0.25, -0.2) is 24.9 Å². The lowest BCUT2D eigenvalue weighted by Gasteiger charge is -2.13. The smallest absolute Gasteiger partial charge is 0.238 e. The van der Waals surface area contributed by atoms with Crippen molar-refractivity contribution in [1.82, 2.24) is 44.0 Å². The molecule has 0 aliphatic heterocycles. The Morgan fingerprint density at radius 1 is 0.230 bits per heavy atom. The molecule has 9 nitrogen and oxygen atoms in total. The van der Waals surface area contributed by atoms with Gasteiger partial charge in [0.2, 0.25) is 5.95 Å². The molecule has 0 aliphatic carbocycles. The van der Waals surface area contributed by atoms with Crippen LogP contribution < -0.4 is 0 Å². The Kier molecular flexibility index (Phi) is 10.3. The molecule has 9 heteroatoms. The van der Waals surface area contributed by atoms with Gasteiger partial charge in [0.1, 0.15) is 0 Å². The van der Waals surface area contributed by atoms with E-state index in [1.807, 2.05) is 127 Å². The van der Waals surface area contributed by atoms with E-state index in [0.29, 0.717) is 35.1 Å². The van der Waals surface area contributed by atoms with Crippen molar-refractivity contribution in [3.63, 3.8) is 0 Å². The van der Waals surface area contributed by atoms with Crippen LogP contribution in [0.1, 0.15) is 0 Å². The molecule has 0 fully saturated rings. The molecule has 0 saturated heterocycles. The largest absolute Gasteiger partial charge is 0.307 e. The zero-order valence-corrected chi connectivity index (χ0v) is 39.7. The van der Waals surface area contributed by atoms with Gasteiger partial charge in [0, 0.05) is 66.2 Å². The Morgan fingerprint density at radius 3 is 1.15 bits per heavy atom. The minimum absolute atomic E-state index is 0.500. The second-order valence-electron chi connectivity index (χ2n) is 18.2. The van der Waals surface area contributed by atoms with Crippen molar-refractivity contribution in [1.29, 1.82) is 0 Å². The van der Waals surface area contributed by atoms with Crippen LogP contribution in [0.5, 0.6) is 0 Å². The van der Waals surface area contributed by atoms with Gasteiger partial charge in [0.15, 0.2) is 29.1 Å². The number of hydrogen-bond acceptors (Lipinski definition) is 7. The lowest BCUT2D eigenvalue weighted by Crippen LogP contribution is -2.07. The third-order valence-electron chi connectivity index (χ3n) is 13.6. The molecule has 346 valence electrons. The van der Waals surface area contributed by atoms with Gasteiger partial charge in [-0.05, 0) is 48.5 Å². The molecule has 0 amide bonds. The van der Waals surface area contributed by atoms with Crippen LogP contribution in [0.4, 0.5) is 0 Å². The van der Waals surface area contributed by atoms with Crippen LogP contribution in [0.3, 0.4) is 0 Å². The number of fused-ring (bicyclic) bond motifs is 7. The van der Waals surface area contributed by atoms with Crippen molar-refractivity contribution >= 4 is 43.6 Å². The highest BCUT2D eigenvalue weighted by molar-refractivity contribution is 6.23. The van der Waals surface area contributed by atoms with Crippen LogP contribution in [-0.2, 0) is 0 Å². The number of hydrogen-bond donors (Lipinski definition) is 0. The Morgan fingerprint density at radius 2 is 0.595 bits per heavy atom. The first-order valence-electron chi connectivity index (χ1n) is 24.6. The molecule has 0 spiro atoms. The standard InChI is InChI=1S/C65H41N9/c1-5-20-42(21-6-1)54-34-19-35-55(66-54)45-26-17-27-46(40-45)62-67-60(43-22-7-2-8-23-43)68-63(70-62)47-28-18-29-48(41-47)64-69-61(44-24-9-3-10-25-44)71-65(72-64)74-57-37-16-14-33-51(57)53-39-38-52-50-32-13-15-36-56(50)73(58(52)59(53)74)49-30-11-4-12-31-49/h1-41H. The summed E-state index contributed by atoms with van der Waals surface area (Å²) in [4.78, 5) is 36.5. The van der Waals surface area contributed by atoms with E-state index in [9.17, 15) is 0 Å². The van der Waals surface area contributed by atoms with E-state index < -0.39 is 0 Å². The first-order valence-corrected chi connectivity index (χ1v) is 24.6. The van der Waals surface area contributed by atoms with Gasteiger partial charge in [-0.1, -0.05) is 200 Å². The van der Waals surface area contributed by atoms with Crippen molar-refractivity contribution in [2.24, 2.45) is 0 Å². The van der Waals surface area contributed by atoms with Crippen LogP contribution in [-0.4, -0.2) is 44.0 Å². The van der Waals surface area contributed by atoms with Crippen molar-refractivity contribution in [3.8, 4) is 91.1 Å². The minimum atomic E-state index is 0.500. The highest BCUT2D eigenvalue weighted by atomic mass is 15.2. The molecule has 14 aromatic rings. The molecule has 9 aromatic carbocycles. The number of pyridine rings is 1. The zero-order chi connectivity index (χ0) is 49.0. The van der Waals surface area contributed by atoms with Crippen LogP contribution in [0, 0.1) is 0 Å². The number of aromatic nitrogens is 9. The maximum Gasteiger partial charge on any atom is 0.238 e. The number of benzene rings is 9. The molecule has 5 heterocycles. The maximum atomic E-state index is 5.44. The molecule has 0 radical (unpaired) electrons. The van der Waals surface area contributed by atoms with Crippen LogP contribution in [0.15, 0.2) is 249 Å². The monoisotopic (exact) mass is 947 g/mol. The van der Waals surface area contributed by atoms with E-state index in [1.54, 1.807) is 0 Å². The van der Waals surface area contributed by atoms with Gasteiger partial charge in [-0.2, -0.15) is 9.97 Å². The molecular weight excluding hydrogens is 907 g/mol. The molecule has 0 bridgehead atoms. The summed E-state index contributed by atoms with van der Waals surface area (Å²) in [6.07, 6.45) is 0. The summed E-state index contributed by atoms with van der Waals surface area (Å²) in [6, 6.07) is 85.0. The van der Waals surface area contributed by atoms with E-state index in [1.165, 1.54) is 5.39 Å². The molecule has 0 atom stereocenters. The number of nitrogens with zero attached hydrogens (tertiary/aromatic N) is 9. The highest BCUT2D eigenvalue weighted by Gasteiger charge is 2.24. The first kappa shape index (κ1) is 42.6. The van der Waals surface area contributed by atoms with Crippen molar-refractivity contribution in [2.75, 3.05) is 0 Å². The van der Waals surface area contributed by atoms with Gasteiger partial charge in [0.05, 0.1) is 33.5 Å². The van der Waals surface area contributed by atoms with E-state index in [-0.39, 0.29) is 0 Å². The quantitative estimate of drug-likeness (QED) is 0.142. The second kappa shape index (κ2) is 17.9. The van der Waals surface area contributed by atoms with Gasteiger partial charge < -0.3 is 4.57 Å². The van der Waals surface area contributed by atoms with E-state index in [0.717, 1.165) is 94.2 Å².